The van der Waals surface area contributed by atoms with Crippen LogP contribution < -0.4 is 17.0 Å². The lowest BCUT2D eigenvalue weighted by Crippen LogP contribution is -2.30. The second-order valence-corrected chi connectivity index (χ2v) is 4.95. The number of allylic oxidation sites excluding steroid dienone is 3. The Kier molecular flexibility index (Phi) is 4.50. The Morgan fingerprint density at radius 2 is 2.05 bits per heavy atom. The van der Waals surface area contributed by atoms with Gasteiger partial charge in [-0.05, 0) is 18.6 Å². The highest BCUT2D eigenvalue weighted by Crippen LogP contribution is 2.29. The second-order valence-electron chi connectivity index (χ2n) is 4.95. The Morgan fingerprint density at radius 3 is 2.67 bits per heavy atom. The van der Waals surface area contributed by atoms with Gasteiger partial charge in [0.05, 0.1) is 11.4 Å². The number of benzene rings is 1. The Morgan fingerprint density at radius 1 is 1.33 bits per heavy atom. The van der Waals surface area contributed by atoms with Crippen LogP contribution in [-0.2, 0) is 6.54 Å². The third-order valence-electron chi connectivity index (χ3n) is 3.61. The van der Waals surface area contributed by atoms with Crippen LogP contribution in [0.3, 0.4) is 0 Å². The zero-order valence-corrected chi connectivity index (χ0v) is 12.6. The summed E-state index contributed by atoms with van der Waals surface area (Å²) in [5, 5.41) is 0. The molecule has 0 fully saturated rings. The maximum absolute atomic E-state index is 6.37. The normalized spacial score (nSPS) is 22.7. The van der Waals surface area contributed by atoms with E-state index in [0.29, 0.717) is 11.4 Å². The first-order chi connectivity index (χ1) is 10.1. The van der Waals surface area contributed by atoms with Gasteiger partial charge in [0, 0.05) is 30.4 Å². The minimum Gasteiger partial charge on any atom is -0.396 e. The molecule has 1 aliphatic heterocycles. The van der Waals surface area contributed by atoms with Crippen molar-refractivity contribution in [2.45, 2.75) is 13.5 Å². The standard InChI is InChI=1S/C17H22N4/c1-4-8-14-15(5-2)21(3)11-12-9-6-7-10-13(12)16(18)17(14)20-19/h4-10,20H,2,11,18-19H2,1,3H3/b8-4-,15-14-,17-16-. The quantitative estimate of drug-likeness (QED) is 0.587. The average Bonchev–Trinajstić information content (AvgIpc) is 2.48. The van der Waals surface area contributed by atoms with Gasteiger partial charge in [0.1, 0.15) is 0 Å². The number of nitrogens with two attached hydrogens (primary N) is 2. The lowest BCUT2D eigenvalue weighted by Gasteiger charge is -2.28. The first-order valence-corrected chi connectivity index (χ1v) is 6.89. The maximum Gasteiger partial charge on any atom is 0.0816 e. The number of hydrogen-bond donors (Lipinski definition) is 3. The van der Waals surface area contributed by atoms with Crippen LogP contribution in [0.1, 0.15) is 18.1 Å². The van der Waals surface area contributed by atoms with Gasteiger partial charge < -0.3 is 16.1 Å². The van der Waals surface area contributed by atoms with E-state index in [1.165, 1.54) is 0 Å². The maximum atomic E-state index is 6.37. The molecule has 0 atom stereocenters. The Balaban J connectivity index is 2.80. The van der Waals surface area contributed by atoms with Gasteiger partial charge in [-0.15, -0.1) is 0 Å². The summed E-state index contributed by atoms with van der Waals surface area (Å²) in [5.74, 6) is 5.75. The number of rotatable bonds is 3. The number of likely N-dealkylation sites (N-methyl/N-ethyl adjacent to an activating group) is 1. The van der Waals surface area contributed by atoms with Crippen molar-refractivity contribution in [3.8, 4) is 0 Å². The van der Waals surface area contributed by atoms with E-state index in [-0.39, 0.29) is 0 Å². The molecule has 4 nitrogen and oxygen atoms in total. The molecule has 0 radical (unpaired) electrons. The number of nitrogens with one attached hydrogen (secondary N) is 1. The molecule has 21 heavy (non-hydrogen) atoms. The molecule has 0 aliphatic carbocycles. The van der Waals surface area contributed by atoms with Gasteiger partial charge in [-0.3, -0.25) is 5.84 Å². The largest absolute Gasteiger partial charge is 0.396 e. The molecule has 0 bridgehead atoms. The number of hydrogen-bond acceptors (Lipinski definition) is 4. The highest BCUT2D eigenvalue weighted by atomic mass is 15.2. The van der Waals surface area contributed by atoms with Crippen LogP contribution in [0.4, 0.5) is 0 Å². The van der Waals surface area contributed by atoms with Gasteiger partial charge in [0.25, 0.3) is 0 Å². The van der Waals surface area contributed by atoms with Gasteiger partial charge in [0.15, 0.2) is 0 Å². The predicted octanol–water partition coefficient (Wildman–Crippen LogP) is 2.24. The van der Waals surface area contributed by atoms with Gasteiger partial charge >= 0.3 is 0 Å². The van der Waals surface area contributed by atoms with E-state index in [1.54, 1.807) is 0 Å². The summed E-state index contributed by atoms with van der Waals surface area (Å²) < 4.78 is 0. The molecule has 0 unspecified atom stereocenters. The molecule has 1 aliphatic rings. The smallest absolute Gasteiger partial charge is 0.0816 e. The molecule has 2 rings (SSSR count). The van der Waals surface area contributed by atoms with Crippen molar-refractivity contribution in [1.82, 2.24) is 10.3 Å². The van der Waals surface area contributed by atoms with Crippen LogP contribution in [0.2, 0.25) is 0 Å². The van der Waals surface area contributed by atoms with Crippen molar-refractivity contribution in [3.63, 3.8) is 0 Å². The van der Waals surface area contributed by atoms with Crippen LogP contribution in [0.5, 0.6) is 0 Å². The topological polar surface area (TPSA) is 67.3 Å². The molecular weight excluding hydrogens is 260 g/mol. The highest BCUT2D eigenvalue weighted by Gasteiger charge is 2.20. The third-order valence-corrected chi connectivity index (χ3v) is 3.61. The Hall–Kier alpha value is -2.46. The molecule has 0 spiro atoms. The van der Waals surface area contributed by atoms with Gasteiger partial charge in [0.2, 0.25) is 0 Å². The summed E-state index contributed by atoms with van der Waals surface area (Å²) in [6.45, 7) is 6.65. The average molecular weight is 282 g/mol. The fraction of sp³-hybridized carbons (Fsp3) is 0.176. The molecule has 0 saturated carbocycles. The minimum absolute atomic E-state index is 0.647. The summed E-state index contributed by atoms with van der Waals surface area (Å²) in [4.78, 5) is 2.14. The van der Waals surface area contributed by atoms with Crippen molar-refractivity contribution in [1.29, 1.82) is 0 Å². The van der Waals surface area contributed by atoms with Crippen LogP contribution in [0, 0.1) is 0 Å². The summed E-state index contributed by atoms with van der Waals surface area (Å²) >= 11 is 0. The van der Waals surface area contributed by atoms with E-state index in [2.05, 4.69) is 23.0 Å². The van der Waals surface area contributed by atoms with Crippen LogP contribution in [-0.4, -0.2) is 11.9 Å². The minimum atomic E-state index is 0.647. The third kappa shape index (κ3) is 2.71. The van der Waals surface area contributed by atoms with Gasteiger partial charge in [-0.2, -0.15) is 0 Å². The van der Waals surface area contributed by atoms with E-state index in [0.717, 1.165) is 28.9 Å². The first kappa shape index (κ1) is 14.9. The predicted molar refractivity (Wildman–Crippen MR) is 88.4 cm³/mol. The highest BCUT2D eigenvalue weighted by molar-refractivity contribution is 5.74. The van der Waals surface area contributed by atoms with Gasteiger partial charge in [-0.1, -0.05) is 43.0 Å². The van der Waals surface area contributed by atoms with E-state index < -0.39 is 0 Å². The molecular formula is C17H22N4. The molecule has 0 aromatic heterocycles. The zero-order chi connectivity index (χ0) is 15.4. The van der Waals surface area contributed by atoms with Crippen molar-refractivity contribution >= 4 is 5.70 Å². The van der Waals surface area contributed by atoms with Crippen molar-refractivity contribution in [2.24, 2.45) is 11.6 Å². The zero-order valence-electron chi connectivity index (χ0n) is 12.6. The van der Waals surface area contributed by atoms with Crippen LogP contribution in [0.15, 0.2) is 66.0 Å². The van der Waals surface area contributed by atoms with Crippen LogP contribution in [0.25, 0.3) is 5.70 Å². The Labute approximate surface area is 126 Å². The van der Waals surface area contributed by atoms with E-state index in [1.807, 2.05) is 50.4 Å². The molecule has 4 heteroatoms. The number of hydrazine groups is 1. The van der Waals surface area contributed by atoms with E-state index in [4.69, 9.17) is 11.6 Å². The number of nitrogens with zero attached hydrogens (tertiary/aromatic N) is 1. The van der Waals surface area contributed by atoms with Crippen molar-refractivity contribution in [3.05, 3.63) is 77.2 Å². The van der Waals surface area contributed by atoms with Crippen molar-refractivity contribution < 1.29 is 0 Å². The summed E-state index contributed by atoms with van der Waals surface area (Å²) in [6, 6.07) is 8.09. The summed E-state index contributed by atoms with van der Waals surface area (Å²) in [6.07, 6.45) is 5.78. The Bertz CT molecular complexity index is 638. The molecule has 110 valence electrons. The molecule has 1 aromatic rings. The molecule has 0 amide bonds. The van der Waals surface area contributed by atoms with E-state index >= 15 is 0 Å². The first-order valence-electron chi connectivity index (χ1n) is 6.89. The van der Waals surface area contributed by atoms with Gasteiger partial charge in [-0.25, -0.2) is 0 Å². The van der Waals surface area contributed by atoms with Crippen LogP contribution >= 0.6 is 0 Å². The van der Waals surface area contributed by atoms with E-state index in [9.17, 15) is 0 Å². The summed E-state index contributed by atoms with van der Waals surface area (Å²) in [7, 11) is 2.03. The second kappa shape index (κ2) is 6.33. The monoisotopic (exact) mass is 282 g/mol. The lowest BCUT2D eigenvalue weighted by atomic mass is 9.96. The SMILES string of the molecule is C=C/C1=C(\C=C/C)C(/NN)=C(/N)c2ccccc2CN1C. The summed E-state index contributed by atoms with van der Waals surface area (Å²) in [5.41, 5.74) is 14.6. The fourth-order valence-corrected chi connectivity index (χ4v) is 2.63. The molecule has 5 N–H and O–H groups in total. The number of fused-ring (bicyclic) bond motifs is 1. The van der Waals surface area contributed by atoms with Crippen molar-refractivity contribution in [2.75, 3.05) is 7.05 Å². The molecule has 1 aromatic carbocycles. The fourth-order valence-electron chi connectivity index (χ4n) is 2.63. The lowest BCUT2D eigenvalue weighted by molar-refractivity contribution is 0.420. The molecule has 1 heterocycles. The molecule has 0 saturated heterocycles.